The van der Waals surface area contributed by atoms with Gasteiger partial charge in [-0.1, -0.05) is 38.0 Å². The first kappa shape index (κ1) is 27.0. The SMILES string of the molecule is CC.CC.Cc1noc2ncccc12.Nc1noc2ncccc12.[CH-]=O.[Y]. The molecule has 4 aromatic rings. The molecule has 0 aliphatic heterocycles. The summed E-state index contributed by atoms with van der Waals surface area (Å²) >= 11 is 0. The number of nitrogens with zero attached hydrogens (tertiary/aromatic N) is 4. The first-order valence-corrected chi connectivity index (χ1v) is 8.12. The predicted octanol–water partition coefficient (Wildman–Crippen LogP) is 4.11. The molecule has 1 radical (unpaired) electrons. The number of anilines is 1. The number of hydrogen-bond donors (Lipinski definition) is 1. The van der Waals surface area contributed by atoms with Crippen molar-refractivity contribution >= 4 is 34.8 Å². The van der Waals surface area contributed by atoms with Crippen LogP contribution in [0.25, 0.3) is 22.2 Å². The second kappa shape index (κ2) is 16.0. The van der Waals surface area contributed by atoms with Crippen molar-refractivity contribution in [1.82, 2.24) is 20.3 Å². The summed E-state index contributed by atoms with van der Waals surface area (Å²) in [7, 11) is 0. The van der Waals surface area contributed by atoms with Gasteiger partial charge in [0.25, 0.3) is 11.4 Å². The van der Waals surface area contributed by atoms with E-state index in [1.165, 1.54) is 0 Å². The Hall–Kier alpha value is -2.19. The van der Waals surface area contributed by atoms with Crippen molar-refractivity contribution in [3.05, 3.63) is 42.4 Å². The molecule has 27 heavy (non-hydrogen) atoms. The minimum Gasteiger partial charge on any atom is -0.545 e. The van der Waals surface area contributed by atoms with Gasteiger partial charge in [-0.25, -0.2) is 9.97 Å². The second-order valence-electron chi connectivity index (χ2n) is 4.05. The van der Waals surface area contributed by atoms with Crippen LogP contribution in [0.4, 0.5) is 5.82 Å². The van der Waals surface area contributed by atoms with E-state index in [0.717, 1.165) is 16.5 Å². The molecule has 0 unspecified atom stereocenters. The van der Waals surface area contributed by atoms with Gasteiger partial charge in [0.15, 0.2) is 5.82 Å². The van der Waals surface area contributed by atoms with E-state index in [2.05, 4.69) is 27.1 Å². The van der Waals surface area contributed by atoms with Gasteiger partial charge >= 0.3 is 0 Å². The van der Waals surface area contributed by atoms with E-state index in [0.29, 0.717) is 17.2 Å². The molecule has 8 nitrogen and oxygen atoms in total. The normalized spacial score (nSPS) is 8.33. The van der Waals surface area contributed by atoms with Crippen LogP contribution in [0.15, 0.2) is 45.7 Å². The number of hydrogen-bond acceptors (Lipinski definition) is 8. The molecule has 0 atom stereocenters. The third-order valence-corrected chi connectivity index (χ3v) is 2.71. The fraction of sp³-hybridized carbons (Fsp3) is 0.278. The zero-order valence-electron chi connectivity index (χ0n) is 16.2. The fourth-order valence-corrected chi connectivity index (χ4v) is 1.70. The average molecular weight is 447 g/mol. The van der Waals surface area contributed by atoms with E-state index in [4.69, 9.17) is 19.6 Å². The number of aromatic nitrogens is 4. The molecule has 0 aliphatic carbocycles. The van der Waals surface area contributed by atoms with Crippen molar-refractivity contribution in [3.63, 3.8) is 0 Å². The van der Waals surface area contributed by atoms with E-state index in [1.54, 1.807) is 18.5 Å². The number of nitrogens with two attached hydrogens (primary N) is 1. The molecule has 0 saturated carbocycles. The maximum atomic E-state index is 7.75. The number of pyridine rings is 2. The molecule has 0 spiro atoms. The molecule has 9 heteroatoms. The van der Waals surface area contributed by atoms with Crippen LogP contribution in [-0.4, -0.2) is 27.1 Å². The van der Waals surface area contributed by atoms with E-state index in [1.807, 2.05) is 52.8 Å². The summed E-state index contributed by atoms with van der Waals surface area (Å²) in [5, 5.41) is 9.05. The van der Waals surface area contributed by atoms with E-state index >= 15 is 0 Å². The summed E-state index contributed by atoms with van der Waals surface area (Å²) in [6, 6.07) is 7.41. The smallest absolute Gasteiger partial charge is 0.259 e. The van der Waals surface area contributed by atoms with Gasteiger partial charge < -0.3 is 19.6 Å². The van der Waals surface area contributed by atoms with Crippen molar-refractivity contribution in [1.29, 1.82) is 0 Å². The molecule has 2 N–H and O–H groups in total. The maximum absolute atomic E-state index is 7.75. The first-order chi connectivity index (χ1) is 12.8. The van der Waals surface area contributed by atoms with Crippen LogP contribution in [-0.2, 0) is 37.5 Å². The van der Waals surface area contributed by atoms with E-state index in [9.17, 15) is 0 Å². The quantitative estimate of drug-likeness (QED) is 0.316. The van der Waals surface area contributed by atoms with Crippen LogP contribution >= 0.6 is 0 Å². The van der Waals surface area contributed by atoms with Gasteiger partial charge in [0, 0.05) is 45.1 Å². The Labute approximate surface area is 183 Å². The molecule has 4 rings (SSSR count). The Balaban J connectivity index is 0. The monoisotopic (exact) mass is 447 g/mol. The summed E-state index contributed by atoms with van der Waals surface area (Å²) in [6.45, 7) is 13.1. The Morgan fingerprint density at radius 1 is 0.852 bits per heavy atom. The molecular formula is C18H24N5O3Y-. The summed E-state index contributed by atoms with van der Waals surface area (Å²) in [4.78, 5) is 15.6. The van der Waals surface area contributed by atoms with Crippen molar-refractivity contribution in [3.8, 4) is 0 Å². The summed E-state index contributed by atoms with van der Waals surface area (Å²) in [5.74, 6) is 0.392. The molecule has 4 heterocycles. The zero-order chi connectivity index (χ0) is 19.9. The van der Waals surface area contributed by atoms with Gasteiger partial charge in [-0.2, -0.15) is 0 Å². The number of fused-ring (bicyclic) bond motifs is 2. The summed E-state index contributed by atoms with van der Waals surface area (Å²) < 4.78 is 9.65. The predicted molar refractivity (Wildman–Crippen MR) is 102 cm³/mol. The Morgan fingerprint density at radius 3 is 1.78 bits per heavy atom. The summed E-state index contributed by atoms with van der Waals surface area (Å²) in [5.41, 5.74) is 7.42. The molecule has 4 aromatic heterocycles. The Morgan fingerprint density at radius 2 is 1.30 bits per heavy atom. The average Bonchev–Trinajstić information content (AvgIpc) is 3.31. The fourth-order valence-electron chi connectivity index (χ4n) is 1.70. The van der Waals surface area contributed by atoms with Gasteiger partial charge in [-0.3, -0.25) is 6.79 Å². The van der Waals surface area contributed by atoms with Crippen molar-refractivity contribution < 1.29 is 46.5 Å². The second-order valence-corrected chi connectivity index (χ2v) is 4.05. The third-order valence-electron chi connectivity index (χ3n) is 2.71. The van der Waals surface area contributed by atoms with E-state index in [-0.39, 0.29) is 32.7 Å². The molecule has 143 valence electrons. The third kappa shape index (κ3) is 7.92. The molecule has 0 aromatic carbocycles. The van der Waals surface area contributed by atoms with Crippen molar-refractivity contribution in [2.45, 2.75) is 34.6 Å². The maximum Gasteiger partial charge on any atom is 0.259 e. The van der Waals surface area contributed by atoms with Gasteiger partial charge in [-0.05, 0) is 31.2 Å². The number of nitrogen functional groups attached to an aromatic ring is 1. The molecule has 0 amide bonds. The van der Waals surface area contributed by atoms with Gasteiger partial charge in [0.1, 0.15) is 0 Å². The number of rotatable bonds is 0. The van der Waals surface area contributed by atoms with Gasteiger partial charge in [0.05, 0.1) is 16.5 Å². The van der Waals surface area contributed by atoms with E-state index < -0.39 is 0 Å². The van der Waals surface area contributed by atoms with Crippen molar-refractivity contribution in [2.75, 3.05) is 5.73 Å². The minimum atomic E-state index is 0. The largest absolute Gasteiger partial charge is 0.545 e. The van der Waals surface area contributed by atoms with Crippen LogP contribution in [0.1, 0.15) is 33.4 Å². The molecule has 0 aliphatic rings. The Kier molecular flexibility index (Phi) is 16.0. The van der Waals surface area contributed by atoms with Crippen LogP contribution in [0, 0.1) is 6.92 Å². The van der Waals surface area contributed by atoms with Crippen LogP contribution in [0.5, 0.6) is 0 Å². The first-order valence-electron chi connectivity index (χ1n) is 8.12. The van der Waals surface area contributed by atoms with Crippen LogP contribution < -0.4 is 5.73 Å². The van der Waals surface area contributed by atoms with Crippen molar-refractivity contribution in [2.24, 2.45) is 0 Å². The molecule has 0 saturated heterocycles. The molecule has 0 fully saturated rings. The molecular weight excluding hydrogens is 423 g/mol. The zero-order valence-corrected chi connectivity index (χ0v) is 19.0. The number of carbonyl (C=O) groups excluding carboxylic acids is 1. The summed E-state index contributed by atoms with van der Waals surface area (Å²) in [6.07, 6.45) is 3.32. The molecule has 0 bridgehead atoms. The Bertz CT molecular complexity index is 807. The van der Waals surface area contributed by atoms with Crippen LogP contribution in [0.2, 0.25) is 0 Å². The topological polar surface area (TPSA) is 121 Å². The minimum absolute atomic E-state index is 0. The van der Waals surface area contributed by atoms with Gasteiger partial charge in [-0.15, -0.1) is 0 Å². The number of aryl methyl sites for hydroxylation is 1. The standard InChI is InChI=1S/C7H6N2O.C6H5N3O.2C2H6.CHO.Y/c1-5-6-3-2-4-8-7(6)10-9-5;7-5-4-2-1-3-8-6(4)10-9-5;3*1-2;/h2-4H,1H3;1-3H,(H2,7,9);2*1-2H3;1H;/q;;;;-1;. The van der Waals surface area contributed by atoms with Crippen LogP contribution in [0.3, 0.4) is 0 Å². The van der Waals surface area contributed by atoms with Gasteiger partial charge in [0.2, 0.25) is 0 Å².